The molecule has 3 aromatic rings. The van der Waals surface area contributed by atoms with Gasteiger partial charge >= 0.3 is 0 Å². The van der Waals surface area contributed by atoms with Gasteiger partial charge in [0.15, 0.2) is 11.5 Å². The molecule has 0 heterocycles. The van der Waals surface area contributed by atoms with Crippen molar-refractivity contribution in [3.8, 4) is 11.5 Å². The van der Waals surface area contributed by atoms with E-state index in [2.05, 4.69) is 86.4 Å². The summed E-state index contributed by atoms with van der Waals surface area (Å²) >= 11 is 0. The van der Waals surface area contributed by atoms with E-state index in [4.69, 9.17) is 9.47 Å². The van der Waals surface area contributed by atoms with E-state index < -0.39 is 0 Å². The molecule has 0 aliphatic rings. The summed E-state index contributed by atoms with van der Waals surface area (Å²) in [6, 6.07) is 21.1. The number of anilines is 1. The van der Waals surface area contributed by atoms with Crippen molar-refractivity contribution in [2.75, 3.05) is 11.9 Å². The van der Waals surface area contributed by atoms with Crippen molar-refractivity contribution in [3.05, 3.63) is 101 Å². The zero-order valence-electron chi connectivity index (χ0n) is 18.9. The van der Waals surface area contributed by atoms with Crippen LogP contribution in [0, 0.1) is 6.92 Å². The minimum absolute atomic E-state index is 0.506. The summed E-state index contributed by atoms with van der Waals surface area (Å²) in [5, 5.41) is 3.58. The predicted octanol–water partition coefficient (Wildman–Crippen LogP) is 6.88. The van der Waals surface area contributed by atoms with Gasteiger partial charge in [-0.3, -0.25) is 0 Å². The molecule has 3 rings (SSSR count). The molecule has 0 saturated carbocycles. The molecule has 3 heteroatoms. The Morgan fingerprint density at radius 1 is 0.903 bits per heavy atom. The number of hydrogen-bond donors (Lipinski definition) is 1. The lowest BCUT2D eigenvalue weighted by molar-refractivity contribution is 0.267. The van der Waals surface area contributed by atoms with Crippen LogP contribution in [0.5, 0.6) is 11.5 Å². The molecule has 0 atom stereocenters. The van der Waals surface area contributed by atoms with Gasteiger partial charge < -0.3 is 14.8 Å². The van der Waals surface area contributed by atoms with E-state index in [0.29, 0.717) is 13.2 Å². The molecule has 0 spiro atoms. The number of aryl methyl sites for hydroxylation is 2. The van der Waals surface area contributed by atoms with Crippen molar-refractivity contribution >= 4 is 5.69 Å². The first-order valence-corrected chi connectivity index (χ1v) is 11.0. The fourth-order valence-corrected chi connectivity index (χ4v) is 3.60. The van der Waals surface area contributed by atoms with Crippen LogP contribution in [0.3, 0.4) is 0 Å². The van der Waals surface area contributed by atoms with Crippen molar-refractivity contribution in [3.63, 3.8) is 0 Å². The molecule has 0 bridgehead atoms. The standard InChI is InChI=1S/C28H33NO2/c1-5-10-25-17-23(19-29-26-12-9-8-11-24(26)6-2)18-27(30-7-3)28(25)31-20-22-15-13-21(4)14-16-22/h5,8-9,11-18,29H,1,6-7,10,19-20H2,2-4H3. The zero-order chi connectivity index (χ0) is 22.1. The van der Waals surface area contributed by atoms with E-state index >= 15 is 0 Å². The maximum absolute atomic E-state index is 6.26. The van der Waals surface area contributed by atoms with E-state index in [1.165, 1.54) is 16.8 Å². The van der Waals surface area contributed by atoms with E-state index in [1.807, 2.05) is 13.0 Å². The van der Waals surface area contributed by atoms with Crippen LogP contribution in [-0.2, 0) is 26.0 Å². The largest absolute Gasteiger partial charge is 0.490 e. The number of allylic oxidation sites excluding steroid dienone is 1. The Bertz CT molecular complexity index is 992. The third kappa shape index (κ3) is 6.14. The first-order chi connectivity index (χ1) is 15.1. The van der Waals surface area contributed by atoms with Crippen molar-refractivity contribution < 1.29 is 9.47 Å². The number of benzene rings is 3. The molecule has 0 unspecified atom stereocenters. The van der Waals surface area contributed by atoms with Crippen LogP contribution in [0.4, 0.5) is 5.69 Å². The van der Waals surface area contributed by atoms with Crippen LogP contribution in [0.1, 0.15) is 41.7 Å². The van der Waals surface area contributed by atoms with Crippen LogP contribution in [0.15, 0.2) is 73.3 Å². The third-order valence-electron chi connectivity index (χ3n) is 5.24. The number of rotatable bonds is 11. The lowest BCUT2D eigenvalue weighted by Gasteiger charge is -2.18. The van der Waals surface area contributed by atoms with Crippen LogP contribution in [0.25, 0.3) is 0 Å². The fraction of sp³-hybridized carbons (Fsp3) is 0.286. The van der Waals surface area contributed by atoms with Gasteiger partial charge in [0.2, 0.25) is 0 Å². The van der Waals surface area contributed by atoms with Gasteiger partial charge in [-0.1, -0.05) is 61.0 Å². The molecule has 3 nitrogen and oxygen atoms in total. The van der Waals surface area contributed by atoms with Crippen LogP contribution >= 0.6 is 0 Å². The number of hydrogen-bond acceptors (Lipinski definition) is 3. The molecule has 31 heavy (non-hydrogen) atoms. The first kappa shape index (κ1) is 22.5. The quantitative estimate of drug-likeness (QED) is 0.346. The van der Waals surface area contributed by atoms with Gasteiger partial charge in [-0.15, -0.1) is 6.58 Å². The Morgan fingerprint density at radius 3 is 2.39 bits per heavy atom. The summed E-state index contributed by atoms with van der Waals surface area (Å²) < 4.78 is 12.2. The molecule has 0 radical (unpaired) electrons. The predicted molar refractivity (Wildman–Crippen MR) is 130 cm³/mol. The van der Waals surface area contributed by atoms with Gasteiger partial charge in [0.25, 0.3) is 0 Å². The second kappa shape index (κ2) is 11.3. The van der Waals surface area contributed by atoms with Gasteiger partial charge in [0.1, 0.15) is 6.61 Å². The second-order valence-electron chi connectivity index (χ2n) is 7.65. The van der Waals surface area contributed by atoms with E-state index in [9.17, 15) is 0 Å². The van der Waals surface area contributed by atoms with E-state index in [0.717, 1.165) is 47.6 Å². The Kier molecular flexibility index (Phi) is 8.17. The Morgan fingerprint density at radius 2 is 1.68 bits per heavy atom. The number of nitrogens with one attached hydrogen (secondary N) is 1. The molecule has 3 aromatic carbocycles. The van der Waals surface area contributed by atoms with Gasteiger partial charge in [0, 0.05) is 17.8 Å². The van der Waals surface area contributed by atoms with Crippen molar-refractivity contribution in [2.24, 2.45) is 0 Å². The van der Waals surface area contributed by atoms with Crippen LogP contribution < -0.4 is 14.8 Å². The van der Waals surface area contributed by atoms with E-state index in [1.54, 1.807) is 0 Å². The molecule has 0 aliphatic heterocycles. The highest BCUT2D eigenvalue weighted by atomic mass is 16.5. The highest BCUT2D eigenvalue weighted by Crippen LogP contribution is 2.35. The summed E-state index contributed by atoms with van der Waals surface area (Å²) in [6.07, 6.45) is 3.64. The molecular formula is C28H33NO2. The van der Waals surface area contributed by atoms with Gasteiger partial charge in [0.05, 0.1) is 6.61 Å². The summed E-state index contributed by atoms with van der Waals surface area (Å²) in [5.74, 6) is 1.59. The van der Waals surface area contributed by atoms with Crippen molar-refractivity contribution in [1.29, 1.82) is 0 Å². The average Bonchev–Trinajstić information content (AvgIpc) is 2.79. The molecule has 0 saturated heterocycles. The van der Waals surface area contributed by atoms with Gasteiger partial charge in [-0.2, -0.15) is 0 Å². The lowest BCUT2D eigenvalue weighted by atomic mass is 10.0. The average molecular weight is 416 g/mol. The summed E-state index contributed by atoms with van der Waals surface area (Å²) in [6.45, 7) is 12.0. The van der Waals surface area contributed by atoms with Crippen LogP contribution in [-0.4, -0.2) is 6.61 Å². The summed E-state index contributed by atoms with van der Waals surface area (Å²) in [7, 11) is 0. The summed E-state index contributed by atoms with van der Waals surface area (Å²) in [5.41, 5.74) is 7.12. The maximum atomic E-state index is 6.26. The normalized spacial score (nSPS) is 10.5. The van der Waals surface area contributed by atoms with Gasteiger partial charge in [-0.05, 0) is 61.6 Å². The molecule has 0 fully saturated rings. The number of para-hydroxylation sites is 1. The smallest absolute Gasteiger partial charge is 0.165 e. The fourth-order valence-electron chi connectivity index (χ4n) is 3.60. The second-order valence-corrected chi connectivity index (χ2v) is 7.65. The zero-order valence-corrected chi connectivity index (χ0v) is 18.9. The summed E-state index contributed by atoms with van der Waals surface area (Å²) in [4.78, 5) is 0. The molecule has 1 N–H and O–H groups in total. The highest BCUT2D eigenvalue weighted by Gasteiger charge is 2.14. The van der Waals surface area contributed by atoms with E-state index in [-0.39, 0.29) is 0 Å². The molecule has 162 valence electrons. The topological polar surface area (TPSA) is 30.5 Å². The highest BCUT2D eigenvalue weighted by molar-refractivity contribution is 5.54. The monoisotopic (exact) mass is 415 g/mol. The molecule has 0 aliphatic carbocycles. The molecule has 0 amide bonds. The van der Waals surface area contributed by atoms with Gasteiger partial charge in [-0.25, -0.2) is 0 Å². The SMILES string of the molecule is C=CCc1cc(CNc2ccccc2CC)cc(OCC)c1OCc1ccc(C)cc1. The maximum Gasteiger partial charge on any atom is 0.165 e. The molecular weight excluding hydrogens is 382 g/mol. The third-order valence-corrected chi connectivity index (χ3v) is 5.24. The molecule has 0 aromatic heterocycles. The minimum Gasteiger partial charge on any atom is -0.490 e. The lowest BCUT2D eigenvalue weighted by Crippen LogP contribution is -2.06. The van der Waals surface area contributed by atoms with Crippen LogP contribution in [0.2, 0.25) is 0 Å². The number of ether oxygens (including phenoxy) is 2. The van der Waals surface area contributed by atoms with Crippen molar-refractivity contribution in [2.45, 2.75) is 46.8 Å². The Balaban J connectivity index is 1.84. The minimum atomic E-state index is 0.506. The van der Waals surface area contributed by atoms with Crippen molar-refractivity contribution in [1.82, 2.24) is 0 Å². The Labute approximate surface area is 186 Å². The Hall–Kier alpha value is -3.20. The first-order valence-electron chi connectivity index (χ1n) is 11.0.